The molecule has 0 aromatic carbocycles. The standard InChI is InChI=1S/C13H21N3O2/c14-10-7-12(17)16(8-10)11-3-5-15(6-4-11)13(18)9-1-2-9/h9-11H,1-8,14H2. The molecule has 3 rings (SSSR count). The van der Waals surface area contributed by atoms with Gasteiger partial charge in [0, 0.05) is 44.1 Å². The van der Waals surface area contributed by atoms with Crippen LogP contribution in [0.4, 0.5) is 0 Å². The van der Waals surface area contributed by atoms with Gasteiger partial charge in [0.25, 0.3) is 0 Å². The monoisotopic (exact) mass is 251 g/mol. The van der Waals surface area contributed by atoms with E-state index in [0.29, 0.717) is 30.8 Å². The molecule has 18 heavy (non-hydrogen) atoms. The van der Waals surface area contributed by atoms with Crippen molar-refractivity contribution in [3.05, 3.63) is 0 Å². The largest absolute Gasteiger partial charge is 0.342 e. The number of carbonyl (C=O) groups excluding carboxylic acids is 2. The molecule has 2 amide bonds. The second-order valence-electron chi connectivity index (χ2n) is 5.84. The third-order valence-electron chi connectivity index (χ3n) is 4.33. The molecular formula is C13H21N3O2. The zero-order chi connectivity index (χ0) is 12.7. The van der Waals surface area contributed by atoms with Gasteiger partial charge in [-0.3, -0.25) is 9.59 Å². The van der Waals surface area contributed by atoms with Crippen molar-refractivity contribution in [3.63, 3.8) is 0 Å². The lowest BCUT2D eigenvalue weighted by atomic mass is 10.0. The van der Waals surface area contributed by atoms with E-state index in [1.165, 1.54) is 0 Å². The number of amides is 2. The van der Waals surface area contributed by atoms with Crippen LogP contribution in [0.25, 0.3) is 0 Å². The first-order valence-corrected chi connectivity index (χ1v) is 6.99. The van der Waals surface area contributed by atoms with Crippen LogP contribution < -0.4 is 5.73 Å². The fourth-order valence-electron chi connectivity index (χ4n) is 3.10. The summed E-state index contributed by atoms with van der Waals surface area (Å²) in [7, 11) is 0. The molecule has 5 heteroatoms. The van der Waals surface area contributed by atoms with Crippen molar-refractivity contribution >= 4 is 11.8 Å². The second kappa shape index (κ2) is 4.53. The van der Waals surface area contributed by atoms with E-state index >= 15 is 0 Å². The van der Waals surface area contributed by atoms with Gasteiger partial charge in [-0.1, -0.05) is 0 Å². The highest BCUT2D eigenvalue weighted by Crippen LogP contribution is 2.32. The number of hydrogen-bond acceptors (Lipinski definition) is 3. The fourth-order valence-corrected chi connectivity index (χ4v) is 3.10. The Morgan fingerprint density at radius 1 is 1.17 bits per heavy atom. The summed E-state index contributed by atoms with van der Waals surface area (Å²) in [5.41, 5.74) is 5.82. The van der Waals surface area contributed by atoms with Crippen molar-refractivity contribution in [2.45, 2.75) is 44.2 Å². The normalized spacial score (nSPS) is 30.1. The number of hydrogen-bond donors (Lipinski definition) is 1. The summed E-state index contributed by atoms with van der Waals surface area (Å²) in [5, 5.41) is 0. The van der Waals surface area contributed by atoms with Crippen LogP contribution in [0.3, 0.4) is 0 Å². The third kappa shape index (κ3) is 2.23. The van der Waals surface area contributed by atoms with Crippen molar-refractivity contribution in [3.8, 4) is 0 Å². The number of rotatable bonds is 2. The quantitative estimate of drug-likeness (QED) is 0.748. The van der Waals surface area contributed by atoms with Gasteiger partial charge in [-0.05, 0) is 25.7 Å². The number of nitrogens with zero attached hydrogens (tertiary/aromatic N) is 2. The predicted molar refractivity (Wildman–Crippen MR) is 66.6 cm³/mol. The molecule has 2 saturated heterocycles. The summed E-state index contributed by atoms with van der Waals surface area (Å²) in [6.07, 6.45) is 4.45. The van der Waals surface area contributed by atoms with Gasteiger partial charge in [0.2, 0.25) is 11.8 Å². The van der Waals surface area contributed by atoms with Crippen LogP contribution in [0.1, 0.15) is 32.1 Å². The number of nitrogens with two attached hydrogens (primary N) is 1. The SMILES string of the molecule is NC1CC(=O)N(C2CCN(C(=O)C3CC3)CC2)C1. The summed E-state index contributed by atoms with van der Waals surface area (Å²) in [6, 6.07) is 0.304. The maximum atomic E-state index is 11.9. The summed E-state index contributed by atoms with van der Waals surface area (Å²) < 4.78 is 0. The van der Waals surface area contributed by atoms with Crippen LogP contribution in [0.5, 0.6) is 0 Å². The minimum Gasteiger partial charge on any atom is -0.342 e. The van der Waals surface area contributed by atoms with Crippen LogP contribution in [-0.4, -0.2) is 53.3 Å². The average Bonchev–Trinajstić information content (AvgIpc) is 3.15. The molecule has 1 atom stereocenters. The van der Waals surface area contributed by atoms with Crippen LogP contribution in [0.15, 0.2) is 0 Å². The van der Waals surface area contributed by atoms with Crippen LogP contribution >= 0.6 is 0 Å². The lowest BCUT2D eigenvalue weighted by molar-refractivity contribution is -0.135. The molecule has 5 nitrogen and oxygen atoms in total. The average molecular weight is 251 g/mol. The third-order valence-corrected chi connectivity index (χ3v) is 4.33. The van der Waals surface area contributed by atoms with Gasteiger partial charge in [0.05, 0.1) is 0 Å². The van der Waals surface area contributed by atoms with Gasteiger partial charge in [0.15, 0.2) is 0 Å². The smallest absolute Gasteiger partial charge is 0.225 e. The lowest BCUT2D eigenvalue weighted by Crippen LogP contribution is -2.48. The van der Waals surface area contributed by atoms with Crippen molar-refractivity contribution in [1.82, 2.24) is 9.80 Å². The molecule has 1 aliphatic carbocycles. The van der Waals surface area contributed by atoms with E-state index in [1.807, 2.05) is 9.80 Å². The van der Waals surface area contributed by atoms with Gasteiger partial charge in [-0.2, -0.15) is 0 Å². The molecule has 100 valence electrons. The van der Waals surface area contributed by atoms with Crippen LogP contribution in [0, 0.1) is 5.92 Å². The molecule has 0 aromatic rings. The maximum Gasteiger partial charge on any atom is 0.225 e. The van der Waals surface area contributed by atoms with E-state index in [9.17, 15) is 9.59 Å². The summed E-state index contributed by atoms with van der Waals surface area (Å²) in [5.74, 6) is 0.829. The number of piperidine rings is 1. The molecule has 0 radical (unpaired) electrons. The zero-order valence-corrected chi connectivity index (χ0v) is 10.7. The Morgan fingerprint density at radius 3 is 2.33 bits per heavy atom. The van der Waals surface area contributed by atoms with Crippen LogP contribution in [0.2, 0.25) is 0 Å². The van der Waals surface area contributed by atoms with E-state index < -0.39 is 0 Å². The van der Waals surface area contributed by atoms with Gasteiger partial charge in [-0.15, -0.1) is 0 Å². The first-order chi connectivity index (χ1) is 8.65. The van der Waals surface area contributed by atoms with E-state index in [0.717, 1.165) is 38.8 Å². The highest BCUT2D eigenvalue weighted by Gasteiger charge is 2.38. The molecule has 0 bridgehead atoms. The maximum absolute atomic E-state index is 11.9. The fraction of sp³-hybridized carbons (Fsp3) is 0.846. The van der Waals surface area contributed by atoms with E-state index in [4.69, 9.17) is 5.73 Å². The molecule has 2 N–H and O–H groups in total. The molecular weight excluding hydrogens is 230 g/mol. The Morgan fingerprint density at radius 2 is 1.83 bits per heavy atom. The van der Waals surface area contributed by atoms with Crippen molar-refractivity contribution < 1.29 is 9.59 Å². The Labute approximate surface area is 107 Å². The first-order valence-electron chi connectivity index (χ1n) is 6.99. The molecule has 2 heterocycles. The zero-order valence-electron chi connectivity index (χ0n) is 10.7. The summed E-state index contributed by atoms with van der Waals surface area (Å²) >= 11 is 0. The highest BCUT2D eigenvalue weighted by molar-refractivity contribution is 5.81. The molecule has 1 unspecified atom stereocenters. The van der Waals surface area contributed by atoms with Crippen LogP contribution in [-0.2, 0) is 9.59 Å². The topological polar surface area (TPSA) is 66.6 Å². The number of carbonyl (C=O) groups is 2. The minimum atomic E-state index is 0.00336. The van der Waals surface area contributed by atoms with Crippen molar-refractivity contribution in [2.75, 3.05) is 19.6 Å². The lowest BCUT2D eigenvalue weighted by Gasteiger charge is -2.36. The molecule has 2 aliphatic heterocycles. The molecule has 3 fully saturated rings. The Bertz CT molecular complexity index is 359. The minimum absolute atomic E-state index is 0.00336. The highest BCUT2D eigenvalue weighted by atomic mass is 16.2. The molecule has 0 spiro atoms. The van der Waals surface area contributed by atoms with Gasteiger partial charge in [-0.25, -0.2) is 0 Å². The molecule has 1 saturated carbocycles. The predicted octanol–water partition coefficient (Wildman–Crippen LogP) is -0.0530. The Hall–Kier alpha value is -1.10. The summed E-state index contributed by atoms with van der Waals surface area (Å²) in [6.45, 7) is 2.30. The van der Waals surface area contributed by atoms with Crippen molar-refractivity contribution in [1.29, 1.82) is 0 Å². The number of likely N-dealkylation sites (tertiary alicyclic amines) is 2. The van der Waals surface area contributed by atoms with E-state index in [-0.39, 0.29) is 11.9 Å². The second-order valence-corrected chi connectivity index (χ2v) is 5.84. The summed E-state index contributed by atoms with van der Waals surface area (Å²) in [4.78, 5) is 27.6. The van der Waals surface area contributed by atoms with Gasteiger partial charge >= 0.3 is 0 Å². The molecule has 0 aromatic heterocycles. The molecule has 3 aliphatic rings. The Balaban J connectivity index is 1.53. The first kappa shape index (κ1) is 12.0. The van der Waals surface area contributed by atoms with Crippen molar-refractivity contribution in [2.24, 2.45) is 11.7 Å². The van der Waals surface area contributed by atoms with E-state index in [1.54, 1.807) is 0 Å². The van der Waals surface area contributed by atoms with Gasteiger partial charge in [0.1, 0.15) is 0 Å². The Kier molecular flexibility index (Phi) is 3.01. The van der Waals surface area contributed by atoms with E-state index in [2.05, 4.69) is 0 Å². The van der Waals surface area contributed by atoms with Gasteiger partial charge < -0.3 is 15.5 Å².